The molecule has 0 aliphatic heterocycles. The fraction of sp³-hybridized carbons (Fsp3) is 0.538. The second kappa shape index (κ2) is 5.13. The maximum atomic E-state index is 5.91. The third-order valence-corrected chi connectivity index (χ3v) is 3.37. The summed E-state index contributed by atoms with van der Waals surface area (Å²) in [7, 11) is 0. The summed E-state index contributed by atoms with van der Waals surface area (Å²) in [6.45, 7) is 3.04. The molecule has 0 saturated heterocycles. The fourth-order valence-corrected chi connectivity index (χ4v) is 2.20. The summed E-state index contributed by atoms with van der Waals surface area (Å²) in [6.07, 6.45) is 2.91. The fourth-order valence-electron chi connectivity index (χ4n) is 1.64. The van der Waals surface area contributed by atoms with Crippen LogP contribution in [-0.4, -0.2) is 11.9 Å². The molecule has 0 bridgehead atoms. The molecule has 82 valence electrons. The van der Waals surface area contributed by atoms with Gasteiger partial charge in [-0.3, -0.25) is 0 Å². The van der Waals surface area contributed by atoms with E-state index in [1.807, 2.05) is 0 Å². The van der Waals surface area contributed by atoms with Gasteiger partial charge in [0.2, 0.25) is 0 Å². The Bertz CT molecular complexity index is 320. The van der Waals surface area contributed by atoms with Gasteiger partial charge in [-0.05, 0) is 31.2 Å². The van der Waals surface area contributed by atoms with Crippen molar-refractivity contribution >= 4 is 15.9 Å². The van der Waals surface area contributed by atoms with Gasteiger partial charge in [-0.15, -0.1) is 0 Å². The van der Waals surface area contributed by atoms with Crippen molar-refractivity contribution in [2.24, 2.45) is 5.92 Å². The van der Waals surface area contributed by atoms with E-state index in [9.17, 15) is 0 Å². The number of rotatable bonds is 5. The number of ether oxygens (including phenoxy) is 1. The van der Waals surface area contributed by atoms with Crippen molar-refractivity contribution < 1.29 is 4.74 Å². The average molecular weight is 269 g/mol. The van der Waals surface area contributed by atoms with Crippen molar-refractivity contribution in [1.82, 2.24) is 0 Å². The lowest BCUT2D eigenvalue weighted by atomic mass is 10.1. The van der Waals surface area contributed by atoms with E-state index in [1.165, 1.54) is 24.0 Å². The van der Waals surface area contributed by atoms with E-state index in [-0.39, 0.29) is 6.10 Å². The maximum absolute atomic E-state index is 5.91. The molecule has 1 aliphatic carbocycles. The second-order valence-corrected chi connectivity index (χ2v) is 4.98. The minimum atomic E-state index is 0.213. The highest BCUT2D eigenvalue weighted by Crippen LogP contribution is 2.31. The SMILES string of the molecule is Cc1cccc(C(CBr)OCC2CC2)c1. The minimum absolute atomic E-state index is 0.213. The molecule has 1 aliphatic rings. The number of halogens is 1. The van der Waals surface area contributed by atoms with Crippen molar-refractivity contribution in [2.45, 2.75) is 25.9 Å². The minimum Gasteiger partial charge on any atom is -0.372 e. The Morgan fingerprint density at radius 2 is 2.27 bits per heavy atom. The van der Waals surface area contributed by atoms with Crippen molar-refractivity contribution in [1.29, 1.82) is 0 Å². The van der Waals surface area contributed by atoms with Crippen molar-refractivity contribution in [3.8, 4) is 0 Å². The van der Waals surface area contributed by atoms with Crippen LogP contribution in [0.5, 0.6) is 0 Å². The number of hydrogen-bond donors (Lipinski definition) is 0. The molecule has 1 fully saturated rings. The van der Waals surface area contributed by atoms with Crippen LogP contribution in [0.4, 0.5) is 0 Å². The van der Waals surface area contributed by atoms with E-state index in [2.05, 4.69) is 47.1 Å². The molecule has 0 spiro atoms. The average Bonchev–Trinajstić information content (AvgIpc) is 3.03. The summed E-state index contributed by atoms with van der Waals surface area (Å²) in [5.41, 5.74) is 2.58. The van der Waals surface area contributed by atoms with E-state index in [1.54, 1.807) is 0 Å². The molecule has 1 unspecified atom stereocenters. The molecule has 1 nitrogen and oxygen atoms in total. The smallest absolute Gasteiger partial charge is 0.0921 e. The van der Waals surface area contributed by atoms with Gasteiger partial charge in [0.05, 0.1) is 12.7 Å². The molecule has 0 heterocycles. The molecular weight excluding hydrogens is 252 g/mol. The molecule has 0 amide bonds. The lowest BCUT2D eigenvalue weighted by molar-refractivity contribution is 0.0618. The standard InChI is InChI=1S/C13H17BrO/c1-10-3-2-4-12(7-10)13(8-14)15-9-11-5-6-11/h2-4,7,11,13H,5-6,8-9H2,1H3. The lowest BCUT2D eigenvalue weighted by Gasteiger charge is -2.16. The first kappa shape index (κ1) is 11.2. The highest BCUT2D eigenvalue weighted by molar-refractivity contribution is 9.09. The van der Waals surface area contributed by atoms with Crippen LogP contribution in [0, 0.1) is 12.8 Å². The maximum Gasteiger partial charge on any atom is 0.0921 e. The molecule has 2 rings (SSSR count). The summed E-state index contributed by atoms with van der Waals surface area (Å²) in [4.78, 5) is 0. The third kappa shape index (κ3) is 3.32. The molecule has 15 heavy (non-hydrogen) atoms. The van der Waals surface area contributed by atoms with Crippen LogP contribution in [0.2, 0.25) is 0 Å². The Labute approximate surface area is 100.0 Å². The van der Waals surface area contributed by atoms with Crippen LogP contribution in [0.15, 0.2) is 24.3 Å². The Morgan fingerprint density at radius 3 is 2.87 bits per heavy atom. The quantitative estimate of drug-likeness (QED) is 0.737. The van der Waals surface area contributed by atoms with Gasteiger partial charge in [-0.1, -0.05) is 45.8 Å². The van der Waals surface area contributed by atoms with Gasteiger partial charge < -0.3 is 4.74 Å². The first-order valence-corrected chi connectivity index (χ1v) is 6.66. The molecule has 1 aromatic carbocycles. The summed E-state index contributed by atoms with van der Waals surface area (Å²) in [5.74, 6) is 0.830. The van der Waals surface area contributed by atoms with Gasteiger partial charge in [0, 0.05) is 5.33 Å². The largest absolute Gasteiger partial charge is 0.372 e. The van der Waals surface area contributed by atoms with E-state index in [4.69, 9.17) is 4.74 Å². The monoisotopic (exact) mass is 268 g/mol. The lowest BCUT2D eigenvalue weighted by Crippen LogP contribution is -2.08. The van der Waals surface area contributed by atoms with Crippen LogP contribution < -0.4 is 0 Å². The Hall–Kier alpha value is -0.340. The number of benzene rings is 1. The number of hydrogen-bond acceptors (Lipinski definition) is 1. The molecule has 0 radical (unpaired) electrons. The molecule has 1 atom stereocenters. The highest BCUT2D eigenvalue weighted by Gasteiger charge is 2.23. The van der Waals surface area contributed by atoms with E-state index in [0.29, 0.717) is 0 Å². The summed E-state index contributed by atoms with van der Waals surface area (Å²) in [6, 6.07) is 8.57. The Morgan fingerprint density at radius 1 is 1.47 bits per heavy atom. The van der Waals surface area contributed by atoms with Gasteiger partial charge in [0.1, 0.15) is 0 Å². The van der Waals surface area contributed by atoms with Gasteiger partial charge in [-0.2, -0.15) is 0 Å². The van der Waals surface area contributed by atoms with E-state index in [0.717, 1.165) is 17.9 Å². The first-order chi connectivity index (χ1) is 7.29. The van der Waals surface area contributed by atoms with Crippen LogP contribution in [-0.2, 0) is 4.74 Å². The summed E-state index contributed by atoms with van der Waals surface area (Å²) in [5, 5.41) is 0.878. The zero-order valence-corrected chi connectivity index (χ0v) is 10.7. The molecule has 2 heteroatoms. The molecule has 1 aromatic rings. The van der Waals surface area contributed by atoms with E-state index >= 15 is 0 Å². The van der Waals surface area contributed by atoms with Crippen molar-refractivity contribution in [2.75, 3.05) is 11.9 Å². The van der Waals surface area contributed by atoms with Crippen LogP contribution in [0.3, 0.4) is 0 Å². The number of aryl methyl sites for hydroxylation is 1. The van der Waals surface area contributed by atoms with Crippen LogP contribution in [0.1, 0.15) is 30.1 Å². The van der Waals surface area contributed by atoms with Crippen LogP contribution >= 0.6 is 15.9 Å². The molecule has 0 aromatic heterocycles. The van der Waals surface area contributed by atoms with Crippen molar-refractivity contribution in [3.05, 3.63) is 35.4 Å². The van der Waals surface area contributed by atoms with Crippen molar-refractivity contribution in [3.63, 3.8) is 0 Å². The predicted molar refractivity (Wildman–Crippen MR) is 66.4 cm³/mol. The zero-order chi connectivity index (χ0) is 10.7. The van der Waals surface area contributed by atoms with Gasteiger partial charge in [-0.25, -0.2) is 0 Å². The number of alkyl halides is 1. The van der Waals surface area contributed by atoms with Gasteiger partial charge in [0.25, 0.3) is 0 Å². The Kier molecular flexibility index (Phi) is 3.81. The molecular formula is C13H17BrO. The molecule has 0 N–H and O–H groups in total. The first-order valence-electron chi connectivity index (χ1n) is 5.53. The topological polar surface area (TPSA) is 9.23 Å². The van der Waals surface area contributed by atoms with E-state index < -0.39 is 0 Å². The highest BCUT2D eigenvalue weighted by atomic mass is 79.9. The normalized spacial score (nSPS) is 17.7. The third-order valence-electron chi connectivity index (χ3n) is 2.78. The Balaban J connectivity index is 1.97. The van der Waals surface area contributed by atoms with Crippen LogP contribution in [0.25, 0.3) is 0 Å². The summed E-state index contributed by atoms with van der Waals surface area (Å²) < 4.78 is 5.91. The zero-order valence-electron chi connectivity index (χ0n) is 9.08. The summed E-state index contributed by atoms with van der Waals surface area (Å²) >= 11 is 3.52. The van der Waals surface area contributed by atoms with Gasteiger partial charge in [0.15, 0.2) is 0 Å². The molecule has 1 saturated carbocycles. The predicted octanol–water partition coefficient (Wildman–Crippen LogP) is 3.86. The second-order valence-electron chi connectivity index (χ2n) is 4.33. The van der Waals surface area contributed by atoms with Gasteiger partial charge >= 0.3 is 0 Å².